The summed E-state index contributed by atoms with van der Waals surface area (Å²) in [5.74, 6) is -0.293. The monoisotopic (exact) mass is 286 g/mol. The molecule has 0 spiro atoms. The van der Waals surface area contributed by atoms with Gasteiger partial charge < -0.3 is 10.2 Å². The molecule has 21 heavy (non-hydrogen) atoms. The van der Waals surface area contributed by atoms with E-state index in [1.807, 2.05) is 37.3 Å². The van der Waals surface area contributed by atoms with Crippen LogP contribution in [0.25, 0.3) is 0 Å². The van der Waals surface area contributed by atoms with E-state index in [2.05, 4.69) is 5.32 Å². The maximum atomic E-state index is 13.1. The SMILES string of the molecule is CC(NC(=O)N(C)Cc1cccc(F)c1)c1ccccc1. The summed E-state index contributed by atoms with van der Waals surface area (Å²) in [4.78, 5) is 13.7. The van der Waals surface area contributed by atoms with E-state index in [4.69, 9.17) is 0 Å². The number of carbonyl (C=O) groups is 1. The Kier molecular flexibility index (Phi) is 4.93. The van der Waals surface area contributed by atoms with Gasteiger partial charge in [0.15, 0.2) is 0 Å². The summed E-state index contributed by atoms with van der Waals surface area (Å²) >= 11 is 0. The molecule has 110 valence electrons. The van der Waals surface area contributed by atoms with Crippen LogP contribution in [0.1, 0.15) is 24.1 Å². The molecule has 2 rings (SSSR count). The fraction of sp³-hybridized carbons (Fsp3) is 0.235. The first-order chi connectivity index (χ1) is 10.1. The number of carbonyl (C=O) groups excluding carboxylic acids is 1. The highest BCUT2D eigenvalue weighted by molar-refractivity contribution is 5.74. The van der Waals surface area contributed by atoms with Crippen molar-refractivity contribution in [2.75, 3.05) is 7.05 Å². The lowest BCUT2D eigenvalue weighted by Gasteiger charge is -2.21. The van der Waals surface area contributed by atoms with Crippen LogP contribution in [0.3, 0.4) is 0 Å². The lowest BCUT2D eigenvalue weighted by molar-refractivity contribution is 0.203. The Balaban J connectivity index is 1.94. The van der Waals surface area contributed by atoms with Crippen LogP contribution >= 0.6 is 0 Å². The Bertz CT molecular complexity index is 601. The van der Waals surface area contributed by atoms with Crippen LogP contribution in [0.4, 0.5) is 9.18 Å². The molecule has 2 amide bonds. The topological polar surface area (TPSA) is 32.3 Å². The lowest BCUT2D eigenvalue weighted by Crippen LogP contribution is -2.38. The highest BCUT2D eigenvalue weighted by Crippen LogP contribution is 2.12. The van der Waals surface area contributed by atoms with Gasteiger partial charge in [0.2, 0.25) is 0 Å². The van der Waals surface area contributed by atoms with E-state index in [0.717, 1.165) is 11.1 Å². The van der Waals surface area contributed by atoms with Crippen LogP contribution in [0.15, 0.2) is 54.6 Å². The number of urea groups is 1. The highest BCUT2D eigenvalue weighted by Gasteiger charge is 2.13. The molecule has 0 bridgehead atoms. The van der Waals surface area contributed by atoms with E-state index in [-0.39, 0.29) is 17.9 Å². The van der Waals surface area contributed by atoms with Gasteiger partial charge in [0.25, 0.3) is 0 Å². The number of nitrogens with zero attached hydrogens (tertiary/aromatic N) is 1. The Labute approximate surface area is 124 Å². The summed E-state index contributed by atoms with van der Waals surface area (Å²) in [6, 6.07) is 15.8. The Morgan fingerprint density at radius 3 is 2.57 bits per heavy atom. The number of benzene rings is 2. The van der Waals surface area contributed by atoms with Crippen molar-refractivity contribution in [3.63, 3.8) is 0 Å². The van der Waals surface area contributed by atoms with E-state index in [1.165, 1.54) is 17.0 Å². The average Bonchev–Trinajstić information content (AvgIpc) is 2.48. The summed E-state index contributed by atoms with van der Waals surface area (Å²) in [7, 11) is 1.69. The van der Waals surface area contributed by atoms with E-state index in [9.17, 15) is 9.18 Å². The van der Waals surface area contributed by atoms with Crippen LogP contribution < -0.4 is 5.32 Å². The molecule has 3 nitrogen and oxygen atoms in total. The molecule has 2 aromatic rings. The number of hydrogen-bond donors (Lipinski definition) is 1. The Morgan fingerprint density at radius 1 is 1.19 bits per heavy atom. The predicted octanol–water partition coefficient (Wildman–Crippen LogP) is 3.73. The number of nitrogens with one attached hydrogen (secondary N) is 1. The van der Waals surface area contributed by atoms with Gasteiger partial charge in [0.05, 0.1) is 6.04 Å². The lowest BCUT2D eigenvalue weighted by atomic mass is 10.1. The van der Waals surface area contributed by atoms with Gasteiger partial charge in [-0.3, -0.25) is 0 Å². The van der Waals surface area contributed by atoms with Gasteiger partial charge in [-0.25, -0.2) is 9.18 Å². The van der Waals surface area contributed by atoms with Gasteiger partial charge in [0, 0.05) is 13.6 Å². The van der Waals surface area contributed by atoms with E-state index >= 15 is 0 Å². The van der Waals surface area contributed by atoms with Crippen molar-refractivity contribution in [1.29, 1.82) is 0 Å². The summed E-state index contributed by atoms with van der Waals surface area (Å²) in [5.41, 5.74) is 1.81. The molecule has 0 aromatic heterocycles. The van der Waals surface area contributed by atoms with Gasteiger partial charge in [0.1, 0.15) is 5.82 Å². The maximum Gasteiger partial charge on any atom is 0.317 e. The Morgan fingerprint density at radius 2 is 1.90 bits per heavy atom. The van der Waals surface area contributed by atoms with Crippen LogP contribution in [0.2, 0.25) is 0 Å². The molecule has 0 aliphatic heterocycles. The van der Waals surface area contributed by atoms with E-state index < -0.39 is 0 Å². The Hall–Kier alpha value is -2.36. The minimum absolute atomic E-state index is 0.0753. The summed E-state index contributed by atoms with van der Waals surface area (Å²) < 4.78 is 13.1. The fourth-order valence-corrected chi connectivity index (χ4v) is 2.10. The predicted molar refractivity (Wildman–Crippen MR) is 81.3 cm³/mol. The molecule has 0 heterocycles. The quantitative estimate of drug-likeness (QED) is 0.912. The number of halogens is 1. The summed E-state index contributed by atoms with van der Waals surface area (Å²) in [6.07, 6.45) is 0. The molecule has 0 aliphatic carbocycles. The zero-order valence-corrected chi connectivity index (χ0v) is 12.2. The average molecular weight is 286 g/mol. The first-order valence-corrected chi connectivity index (χ1v) is 6.87. The van der Waals surface area contributed by atoms with Gasteiger partial charge >= 0.3 is 6.03 Å². The molecule has 4 heteroatoms. The zero-order valence-electron chi connectivity index (χ0n) is 12.2. The van der Waals surface area contributed by atoms with Crippen LogP contribution in [-0.4, -0.2) is 18.0 Å². The second kappa shape index (κ2) is 6.88. The fourth-order valence-electron chi connectivity index (χ4n) is 2.10. The summed E-state index contributed by atoms with van der Waals surface area (Å²) in [6.45, 7) is 2.30. The minimum Gasteiger partial charge on any atom is -0.331 e. The standard InChI is InChI=1S/C17H19FN2O/c1-13(15-8-4-3-5-9-15)19-17(21)20(2)12-14-7-6-10-16(18)11-14/h3-11,13H,12H2,1-2H3,(H,19,21). The molecular weight excluding hydrogens is 267 g/mol. The first-order valence-electron chi connectivity index (χ1n) is 6.87. The van der Waals surface area contributed by atoms with Crippen molar-refractivity contribution in [1.82, 2.24) is 10.2 Å². The van der Waals surface area contributed by atoms with Crippen LogP contribution in [-0.2, 0) is 6.54 Å². The van der Waals surface area contributed by atoms with Crippen molar-refractivity contribution < 1.29 is 9.18 Å². The number of hydrogen-bond acceptors (Lipinski definition) is 1. The number of amides is 2. The van der Waals surface area contributed by atoms with Gasteiger partial charge in [-0.1, -0.05) is 42.5 Å². The van der Waals surface area contributed by atoms with Crippen molar-refractivity contribution >= 4 is 6.03 Å². The normalized spacial score (nSPS) is 11.8. The van der Waals surface area contributed by atoms with Crippen molar-refractivity contribution in [3.8, 4) is 0 Å². The zero-order chi connectivity index (χ0) is 15.2. The molecule has 1 atom stereocenters. The molecule has 0 saturated carbocycles. The van der Waals surface area contributed by atoms with Crippen LogP contribution in [0.5, 0.6) is 0 Å². The second-order valence-electron chi connectivity index (χ2n) is 5.07. The molecule has 0 aliphatic rings. The van der Waals surface area contributed by atoms with Crippen molar-refractivity contribution in [3.05, 3.63) is 71.5 Å². The summed E-state index contributed by atoms with van der Waals surface area (Å²) in [5, 5.41) is 2.92. The van der Waals surface area contributed by atoms with Crippen molar-refractivity contribution in [2.24, 2.45) is 0 Å². The first kappa shape index (κ1) is 15.0. The number of rotatable bonds is 4. The molecule has 1 unspecified atom stereocenters. The van der Waals surface area contributed by atoms with E-state index in [0.29, 0.717) is 6.54 Å². The minimum atomic E-state index is -0.293. The molecule has 0 radical (unpaired) electrons. The van der Waals surface area contributed by atoms with Gasteiger partial charge in [-0.05, 0) is 30.2 Å². The largest absolute Gasteiger partial charge is 0.331 e. The maximum absolute atomic E-state index is 13.1. The molecule has 0 saturated heterocycles. The second-order valence-corrected chi connectivity index (χ2v) is 5.07. The third-order valence-electron chi connectivity index (χ3n) is 3.30. The highest BCUT2D eigenvalue weighted by atomic mass is 19.1. The smallest absolute Gasteiger partial charge is 0.317 e. The molecular formula is C17H19FN2O. The molecule has 0 fully saturated rings. The molecule has 2 aromatic carbocycles. The van der Waals surface area contributed by atoms with E-state index in [1.54, 1.807) is 19.2 Å². The van der Waals surface area contributed by atoms with Gasteiger partial charge in [-0.15, -0.1) is 0 Å². The molecule has 1 N–H and O–H groups in total. The third-order valence-corrected chi connectivity index (χ3v) is 3.30. The van der Waals surface area contributed by atoms with Crippen molar-refractivity contribution in [2.45, 2.75) is 19.5 Å². The third kappa shape index (κ3) is 4.31. The van der Waals surface area contributed by atoms with Crippen LogP contribution in [0, 0.1) is 5.82 Å². The van der Waals surface area contributed by atoms with Gasteiger partial charge in [-0.2, -0.15) is 0 Å².